The Hall–Kier alpha value is -2.89. The van der Waals surface area contributed by atoms with E-state index in [1.807, 2.05) is 50.4 Å². The lowest BCUT2D eigenvalue weighted by Gasteiger charge is -2.20. The van der Waals surface area contributed by atoms with Crippen molar-refractivity contribution in [1.82, 2.24) is 19.9 Å². The number of aromatic nitrogens is 3. The van der Waals surface area contributed by atoms with Crippen LogP contribution in [-0.4, -0.2) is 33.5 Å². The molecule has 3 aromatic rings. The third-order valence-corrected chi connectivity index (χ3v) is 4.75. The van der Waals surface area contributed by atoms with Crippen molar-refractivity contribution in [1.29, 1.82) is 0 Å². The summed E-state index contributed by atoms with van der Waals surface area (Å²) in [5.41, 5.74) is 4.09. The predicted molar refractivity (Wildman–Crippen MR) is 109 cm³/mol. The number of nitrogens with one attached hydrogen (secondary N) is 2. The van der Waals surface area contributed by atoms with Gasteiger partial charge in [-0.15, -0.1) is 0 Å². The second-order valence-corrected chi connectivity index (χ2v) is 6.57. The van der Waals surface area contributed by atoms with Gasteiger partial charge in [-0.2, -0.15) is 0 Å². The summed E-state index contributed by atoms with van der Waals surface area (Å²) >= 11 is 0. The van der Waals surface area contributed by atoms with E-state index in [1.165, 1.54) is 0 Å². The lowest BCUT2D eigenvalue weighted by Crippen LogP contribution is -2.35. The maximum absolute atomic E-state index is 12.9. The summed E-state index contributed by atoms with van der Waals surface area (Å²) in [5, 5.41) is 6.40. The number of amides is 1. The van der Waals surface area contributed by atoms with E-state index in [1.54, 1.807) is 6.20 Å². The van der Waals surface area contributed by atoms with E-state index in [2.05, 4.69) is 27.1 Å². The molecule has 1 aromatic carbocycles. The Morgan fingerprint density at radius 2 is 2.00 bits per heavy atom. The number of hydrogen-bond acceptors (Lipinski definition) is 4. The van der Waals surface area contributed by atoms with Crippen LogP contribution in [0.2, 0.25) is 0 Å². The van der Waals surface area contributed by atoms with E-state index in [-0.39, 0.29) is 11.9 Å². The minimum absolute atomic E-state index is 0.0311. The summed E-state index contributed by atoms with van der Waals surface area (Å²) in [4.78, 5) is 21.6. The van der Waals surface area contributed by atoms with Crippen LogP contribution in [0, 0.1) is 6.92 Å². The first-order valence-electron chi connectivity index (χ1n) is 9.53. The molecule has 0 unspecified atom stereocenters. The number of hydrogen-bond donors (Lipinski definition) is 2. The first-order valence-corrected chi connectivity index (χ1v) is 9.53. The minimum atomic E-state index is -0.255. The van der Waals surface area contributed by atoms with Crippen molar-refractivity contribution in [2.45, 2.75) is 39.7 Å². The van der Waals surface area contributed by atoms with E-state index in [0.717, 1.165) is 41.0 Å². The zero-order valence-electron chi connectivity index (χ0n) is 16.2. The van der Waals surface area contributed by atoms with Crippen LogP contribution >= 0.6 is 0 Å². The van der Waals surface area contributed by atoms with Gasteiger partial charge in [0.25, 0.3) is 0 Å². The summed E-state index contributed by atoms with van der Waals surface area (Å²) in [6.07, 6.45) is 5.10. The number of aryl methyl sites for hydroxylation is 2. The third-order valence-electron chi connectivity index (χ3n) is 4.75. The molecule has 0 bridgehead atoms. The highest BCUT2D eigenvalue weighted by Gasteiger charge is 2.23. The second-order valence-electron chi connectivity index (χ2n) is 6.57. The molecule has 1 atom stereocenters. The van der Waals surface area contributed by atoms with Crippen molar-refractivity contribution in [3.05, 3.63) is 54.1 Å². The topological polar surface area (TPSA) is 71.8 Å². The van der Waals surface area contributed by atoms with Crippen LogP contribution in [0.1, 0.15) is 37.7 Å². The summed E-state index contributed by atoms with van der Waals surface area (Å²) in [6.45, 7) is 7.35. The Morgan fingerprint density at radius 3 is 2.74 bits per heavy atom. The quantitative estimate of drug-likeness (QED) is 0.600. The number of benzene rings is 1. The van der Waals surface area contributed by atoms with Gasteiger partial charge >= 0.3 is 0 Å². The number of carbonyl (C=O) groups is 1. The zero-order chi connectivity index (χ0) is 19.2. The van der Waals surface area contributed by atoms with E-state index in [9.17, 15) is 4.79 Å². The Kier molecular flexibility index (Phi) is 6.06. The lowest BCUT2D eigenvalue weighted by atomic mass is 10.2. The largest absolute Gasteiger partial charge is 0.383 e. The highest BCUT2D eigenvalue weighted by molar-refractivity contribution is 5.84. The number of para-hydroxylation sites is 2. The zero-order valence-corrected chi connectivity index (χ0v) is 16.2. The van der Waals surface area contributed by atoms with Crippen LogP contribution in [0.15, 0.2) is 42.7 Å². The SMILES string of the molecule is CCc1nc2ccccc2n1[C@@H](CC)C(=O)NCCNc1ccncc1C. The molecule has 3 rings (SSSR count). The molecular formula is C21H27N5O. The van der Waals surface area contributed by atoms with Gasteiger partial charge in [0.2, 0.25) is 5.91 Å². The smallest absolute Gasteiger partial charge is 0.243 e. The first-order chi connectivity index (χ1) is 13.2. The van der Waals surface area contributed by atoms with E-state index in [4.69, 9.17) is 4.98 Å². The lowest BCUT2D eigenvalue weighted by molar-refractivity contribution is -0.124. The van der Waals surface area contributed by atoms with Gasteiger partial charge in [0.1, 0.15) is 11.9 Å². The summed E-state index contributed by atoms with van der Waals surface area (Å²) in [6, 6.07) is 9.69. The van der Waals surface area contributed by atoms with Crippen molar-refractivity contribution in [2.75, 3.05) is 18.4 Å². The van der Waals surface area contributed by atoms with Crippen LogP contribution in [0.5, 0.6) is 0 Å². The van der Waals surface area contributed by atoms with Crippen molar-refractivity contribution >= 4 is 22.6 Å². The number of carbonyl (C=O) groups excluding carboxylic acids is 1. The normalized spacial score (nSPS) is 12.1. The molecule has 6 nitrogen and oxygen atoms in total. The highest BCUT2D eigenvalue weighted by Crippen LogP contribution is 2.24. The molecule has 27 heavy (non-hydrogen) atoms. The molecule has 2 aromatic heterocycles. The van der Waals surface area contributed by atoms with Gasteiger partial charge in [0.05, 0.1) is 11.0 Å². The molecule has 1 amide bonds. The summed E-state index contributed by atoms with van der Waals surface area (Å²) in [5.74, 6) is 0.979. The molecule has 2 N–H and O–H groups in total. The van der Waals surface area contributed by atoms with Gasteiger partial charge in [-0.25, -0.2) is 4.98 Å². The van der Waals surface area contributed by atoms with Crippen LogP contribution in [0.4, 0.5) is 5.69 Å². The van der Waals surface area contributed by atoms with Crippen LogP contribution in [-0.2, 0) is 11.2 Å². The Labute approximate surface area is 160 Å². The van der Waals surface area contributed by atoms with E-state index < -0.39 is 0 Å². The van der Waals surface area contributed by atoms with Crippen LogP contribution in [0.3, 0.4) is 0 Å². The predicted octanol–water partition coefficient (Wildman–Crippen LogP) is 3.48. The molecule has 0 fully saturated rings. The number of fused-ring (bicyclic) bond motifs is 1. The molecule has 142 valence electrons. The molecule has 6 heteroatoms. The first kappa shape index (κ1) is 18.9. The average Bonchev–Trinajstić information content (AvgIpc) is 3.06. The van der Waals surface area contributed by atoms with Crippen molar-refractivity contribution < 1.29 is 4.79 Å². The van der Waals surface area contributed by atoms with E-state index >= 15 is 0 Å². The number of nitrogens with zero attached hydrogens (tertiary/aromatic N) is 3. The highest BCUT2D eigenvalue weighted by atomic mass is 16.2. The molecular weight excluding hydrogens is 338 g/mol. The van der Waals surface area contributed by atoms with Gasteiger partial charge in [-0.1, -0.05) is 26.0 Å². The molecule has 0 aliphatic rings. The van der Waals surface area contributed by atoms with Gasteiger partial charge in [0.15, 0.2) is 0 Å². The standard InChI is InChI=1S/C21H27N5O/c1-4-18(26-19-9-7-6-8-17(19)25-20(26)5-2)21(27)24-13-12-23-16-10-11-22-14-15(16)3/h6-11,14,18H,4-5,12-13H2,1-3H3,(H,22,23)(H,24,27)/t18-/m0/s1. The summed E-state index contributed by atoms with van der Waals surface area (Å²) in [7, 11) is 0. The molecule has 2 heterocycles. The molecule has 0 saturated carbocycles. The van der Waals surface area contributed by atoms with Gasteiger partial charge < -0.3 is 15.2 Å². The number of rotatable bonds is 8. The van der Waals surface area contributed by atoms with Crippen molar-refractivity contribution in [3.8, 4) is 0 Å². The Balaban J connectivity index is 1.67. The summed E-state index contributed by atoms with van der Waals surface area (Å²) < 4.78 is 2.09. The molecule has 0 spiro atoms. The fourth-order valence-corrected chi connectivity index (χ4v) is 3.35. The monoisotopic (exact) mass is 365 g/mol. The third kappa shape index (κ3) is 4.10. The van der Waals surface area contributed by atoms with Crippen LogP contribution in [0.25, 0.3) is 11.0 Å². The fourth-order valence-electron chi connectivity index (χ4n) is 3.35. The van der Waals surface area contributed by atoms with Gasteiger partial charge in [-0.3, -0.25) is 9.78 Å². The van der Waals surface area contributed by atoms with Gasteiger partial charge in [0, 0.05) is 37.6 Å². The number of pyridine rings is 1. The number of anilines is 1. The number of imidazole rings is 1. The fraction of sp³-hybridized carbons (Fsp3) is 0.381. The maximum atomic E-state index is 12.9. The van der Waals surface area contributed by atoms with Crippen molar-refractivity contribution in [3.63, 3.8) is 0 Å². The van der Waals surface area contributed by atoms with Gasteiger partial charge in [-0.05, 0) is 37.1 Å². The molecule has 0 aliphatic carbocycles. The maximum Gasteiger partial charge on any atom is 0.243 e. The second kappa shape index (κ2) is 8.66. The minimum Gasteiger partial charge on any atom is -0.383 e. The molecule has 0 saturated heterocycles. The Bertz CT molecular complexity index is 918. The van der Waals surface area contributed by atoms with Crippen LogP contribution < -0.4 is 10.6 Å². The van der Waals surface area contributed by atoms with Crippen molar-refractivity contribution in [2.24, 2.45) is 0 Å². The van der Waals surface area contributed by atoms with E-state index in [0.29, 0.717) is 13.1 Å². The average molecular weight is 365 g/mol. The molecule has 0 radical (unpaired) electrons. The Morgan fingerprint density at radius 1 is 1.19 bits per heavy atom. The molecule has 0 aliphatic heterocycles.